The number of benzene rings is 2. The van der Waals surface area contributed by atoms with Gasteiger partial charge in [-0.3, -0.25) is 0 Å². The minimum absolute atomic E-state index is 0.228. The van der Waals surface area contributed by atoms with E-state index in [0.717, 1.165) is 19.6 Å². The third-order valence-corrected chi connectivity index (χ3v) is 4.02. The number of aryl methyl sites for hydroxylation is 1. The van der Waals surface area contributed by atoms with E-state index in [4.69, 9.17) is 4.74 Å². The van der Waals surface area contributed by atoms with Crippen LogP contribution in [-0.4, -0.2) is 13.7 Å². The third-order valence-electron chi connectivity index (χ3n) is 4.02. The van der Waals surface area contributed by atoms with Crippen molar-refractivity contribution in [1.82, 2.24) is 5.32 Å². The van der Waals surface area contributed by atoms with Gasteiger partial charge >= 0.3 is 0 Å². The SMILES string of the molecule is CN[C@H](c1ccccc1)c1cc(C)cc2c1COCC2. The maximum Gasteiger partial charge on any atom is 0.0723 e. The van der Waals surface area contributed by atoms with Gasteiger partial charge in [0.05, 0.1) is 19.3 Å². The van der Waals surface area contributed by atoms with Crippen molar-refractivity contribution in [2.24, 2.45) is 0 Å². The molecule has 1 N–H and O–H groups in total. The fraction of sp³-hybridized carbons (Fsp3) is 0.333. The van der Waals surface area contributed by atoms with Gasteiger partial charge in [-0.15, -0.1) is 0 Å². The van der Waals surface area contributed by atoms with Crippen LogP contribution in [0, 0.1) is 6.92 Å². The maximum absolute atomic E-state index is 5.68. The second kappa shape index (κ2) is 5.78. The molecular weight excluding hydrogens is 246 g/mol. The monoisotopic (exact) mass is 267 g/mol. The number of hydrogen-bond acceptors (Lipinski definition) is 2. The van der Waals surface area contributed by atoms with Crippen LogP contribution < -0.4 is 5.32 Å². The Morgan fingerprint density at radius 2 is 1.95 bits per heavy atom. The van der Waals surface area contributed by atoms with Gasteiger partial charge in [-0.25, -0.2) is 0 Å². The molecule has 0 bridgehead atoms. The minimum atomic E-state index is 0.228. The van der Waals surface area contributed by atoms with Crippen LogP contribution in [0.1, 0.15) is 33.9 Å². The number of nitrogens with one attached hydrogen (secondary N) is 1. The summed E-state index contributed by atoms with van der Waals surface area (Å²) >= 11 is 0. The molecule has 0 aromatic heterocycles. The first kappa shape index (κ1) is 13.3. The lowest BCUT2D eigenvalue weighted by Crippen LogP contribution is -2.22. The van der Waals surface area contributed by atoms with E-state index in [2.05, 4.69) is 54.7 Å². The Morgan fingerprint density at radius 1 is 1.15 bits per heavy atom. The molecule has 20 heavy (non-hydrogen) atoms. The van der Waals surface area contributed by atoms with Gasteiger partial charge in [0.1, 0.15) is 0 Å². The van der Waals surface area contributed by atoms with Gasteiger partial charge in [0.25, 0.3) is 0 Å². The van der Waals surface area contributed by atoms with E-state index >= 15 is 0 Å². The number of rotatable bonds is 3. The summed E-state index contributed by atoms with van der Waals surface area (Å²) in [4.78, 5) is 0. The van der Waals surface area contributed by atoms with Crippen LogP contribution in [0.15, 0.2) is 42.5 Å². The van der Waals surface area contributed by atoms with Crippen molar-refractivity contribution in [2.45, 2.75) is 26.0 Å². The summed E-state index contributed by atoms with van der Waals surface area (Å²) in [5, 5.41) is 3.46. The van der Waals surface area contributed by atoms with Crippen molar-refractivity contribution >= 4 is 0 Å². The molecule has 2 heteroatoms. The Hall–Kier alpha value is -1.64. The average Bonchev–Trinajstić information content (AvgIpc) is 2.49. The molecule has 0 fully saturated rings. The normalized spacial score (nSPS) is 15.7. The zero-order valence-corrected chi connectivity index (χ0v) is 12.1. The van der Waals surface area contributed by atoms with E-state index in [1.807, 2.05) is 7.05 Å². The van der Waals surface area contributed by atoms with Crippen LogP contribution in [0.2, 0.25) is 0 Å². The van der Waals surface area contributed by atoms with Crippen molar-refractivity contribution in [3.05, 3.63) is 70.3 Å². The summed E-state index contributed by atoms with van der Waals surface area (Å²) in [6.07, 6.45) is 1.02. The lowest BCUT2D eigenvalue weighted by Gasteiger charge is -2.26. The van der Waals surface area contributed by atoms with Crippen molar-refractivity contribution < 1.29 is 4.74 Å². The quantitative estimate of drug-likeness (QED) is 0.920. The smallest absolute Gasteiger partial charge is 0.0723 e. The molecular formula is C18H21NO. The van der Waals surface area contributed by atoms with Gasteiger partial charge in [-0.05, 0) is 42.6 Å². The summed E-state index contributed by atoms with van der Waals surface area (Å²) in [6.45, 7) is 3.75. The molecule has 2 nitrogen and oxygen atoms in total. The molecule has 0 radical (unpaired) electrons. The van der Waals surface area contributed by atoms with Crippen LogP contribution in [-0.2, 0) is 17.8 Å². The Balaban J connectivity index is 2.10. The first-order chi connectivity index (χ1) is 9.79. The molecule has 104 valence electrons. The summed E-state index contributed by atoms with van der Waals surface area (Å²) in [6, 6.07) is 15.4. The van der Waals surface area contributed by atoms with Crippen molar-refractivity contribution in [3.63, 3.8) is 0 Å². The number of fused-ring (bicyclic) bond motifs is 1. The molecule has 1 atom stereocenters. The molecule has 0 amide bonds. The molecule has 0 unspecified atom stereocenters. The second-order valence-electron chi connectivity index (χ2n) is 5.43. The predicted octanol–water partition coefficient (Wildman–Crippen LogP) is 3.38. The van der Waals surface area contributed by atoms with Crippen molar-refractivity contribution in [2.75, 3.05) is 13.7 Å². The molecule has 0 aliphatic carbocycles. The first-order valence-electron chi connectivity index (χ1n) is 7.22. The minimum Gasteiger partial charge on any atom is -0.376 e. The van der Waals surface area contributed by atoms with E-state index in [-0.39, 0.29) is 6.04 Å². The van der Waals surface area contributed by atoms with Gasteiger partial charge in [-0.1, -0.05) is 48.0 Å². The Morgan fingerprint density at radius 3 is 2.70 bits per heavy atom. The van der Waals surface area contributed by atoms with Gasteiger partial charge in [0.15, 0.2) is 0 Å². The molecule has 2 aromatic rings. The Bertz CT molecular complexity index is 592. The molecule has 1 aliphatic rings. The van der Waals surface area contributed by atoms with Gasteiger partial charge in [0, 0.05) is 0 Å². The highest BCUT2D eigenvalue weighted by molar-refractivity contribution is 5.45. The molecule has 1 aliphatic heterocycles. The van der Waals surface area contributed by atoms with Crippen LogP contribution in [0.25, 0.3) is 0 Å². The van der Waals surface area contributed by atoms with Crippen LogP contribution in [0.4, 0.5) is 0 Å². The second-order valence-corrected chi connectivity index (χ2v) is 5.43. The van der Waals surface area contributed by atoms with Gasteiger partial charge < -0.3 is 10.1 Å². The van der Waals surface area contributed by atoms with E-state index in [0.29, 0.717) is 0 Å². The molecule has 2 aromatic carbocycles. The zero-order valence-electron chi connectivity index (χ0n) is 12.1. The lowest BCUT2D eigenvalue weighted by atomic mass is 9.88. The van der Waals surface area contributed by atoms with E-state index < -0.39 is 0 Å². The molecule has 0 spiro atoms. The largest absolute Gasteiger partial charge is 0.376 e. The predicted molar refractivity (Wildman–Crippen MR) is 81.9 cm³/mol. The summed E-state index contributed by atoms with van der Waals surface area (Å²) in [7, 11) is 2.02. The summed E-state index contributed by atoms with van der Waals surface area (Å²) < 4.78 is 5.68. The Kier molecular flexibility index (Phi) is 3.86. The molecule has 1 heterocycles. The highest BCUT2D eigenvalue weighted by Crippen LogP contribution is 2.30. The Labute approximate surface area is 120 Å². The topological polar surface area (TPSA) is 21.3 Å². The van der Waals surface area contributed by atoms with Crippen molar-refractivity contribution in [3.8, 4) is 0 Å². The fourth-order valence-electron chi connectivity index (χ4n) is 3.08. The standard InChI is InChI=1S/C18H21NO/c1-13-10-15-8-9-20-12-17(15)16(11-13)18(19-2)14-6-4-3-5-7-14/h3-7,10-11,18-19H,8-9,12H2,1-2H3/t18-/m1/s1. The van der Waals surface area contributed by atoms with E-state index in [1.165, 1.54) is 27.8 Å². The van der Waals surface area contributed by atoms with Gasteiger partial charge in [0.2, 0.25) is 0 Å². The molecule has 0 saturated heterocycles. The fourth-order valence-corrected chi connectivity index (χ4v) is 3.08. The summed E-state index contributed by atoms with van der Waals surface area (Å²) in [5.41, 5.74) is 6.80. The number of hydrogen-bond donors (Lipinski definition) is 1. The third kappa shape index (κ3) is 2.49. The van der Waals surface area contributed by atoms with Crippen LogP contribution >= 0.6 is 0 Å². The number of ether oxygens (including phenoxy) is 1. The van der Waals surface area contributed by atoms with E-state index in [1.54, 1.807) is 0 Å². The highest BCUT2D eigenvalue weighted by atomic mass is 16.5. The summed E-state index contributed by atoms with van der Waals surface area (Å²) in [5.74, 6) is 0. The highest BCUT2D eigenvalue weighted by Gasteiger charge is 2.20. The zero-order chi connectivity index (χ0) is 13.9. The van der Waals surface area contributed by atoms with Crippen molar-refractivity contribution in [1.29, 1.82) is 0 Å². The van der Waals surface area contributed by atoms with E-state index in [9.17, 15) is 0 Å². The first-order valence-corrected chi connectivity index (χ1v) is 7.22. The van der Waals surface area contributed by atoms with Crippen LogP contribution in [0.3, 0.4) is 0 Å². The van der Waals surface area contributed by atoms with Gasteiger partial charge in [-0.2, -0.15) is 0 Å². The maximum atomic E-state index is 5.68. The van der Waals surface area contributed by atoms with Crippen LogP contribution in [0.5, 0.6) is 0 Å². The average molecular weight is 267 g/mol. The lowest BCUT2D eigenvalue weighted by molar-refractivity contribution is 0.109. The molecule has 3 rings (SSSR count). The molecule has 0 saturated carbocycles.